The van der Waals surface area contributed by atoms with Gasteiger partial charge in [0.1, 0.15) is 0 Å². The highest BCUT2D eigenvalue weighted by Gasteiger charge is 2.14. The third-order valence-electron chi connectivity index (χ3n) is 6.78. The van der Waals surface area contributed by atoms with Gasteiger partial charge in [0.05, 0.1) is 0 Å². The number of hydrogen-bond acceptors (Lipinski definition) is 2. The summed E-state index contributed by atoms with van der Waals surface area (Å²) in [5.74, 6) is -0.287. The summed E-state index contributed by atoms with van der Waals surface area (Å²) in [7, 11) is 0. The monoisotopic (exact) mass is 452 g/mol. The van der Waals surface area contributed by atoms with Crippen molar-refractivity contribution in [3.05, 3.63) is 0 Å². The normalized spacial score (nSPS) is 12.2. The Labute approximate surface area is 200 Å². The quantitative estimate of drug-likeness (QED) is 0.130. The lowest BCUT2D eigenvalue weighted by atomic mass is 9.93. The van der Waals surface area contributed by atoms with E-state index < -0.39 is 0 Å². The Balaban J connectivity index is 3.39. The van der Waals surface area contributed by atoms with Gasteiger partial charge in [0.25, 0.3) is 0 Å². The molecule has 0 fully saturated rings. The van der Waals surface area contributed by atoms with Crippen LogP contribution in [0.25, 0.3) is 0 Å². The van der Waals surface area contributed by atoms with Crippen LogP contribution in [-0.2, 0) is 9.59 Å². The molecule has 4 nitrogen and oxygen atoms in total. The Morgan fingerprint density at radius 3 is 1.12 bits per heavy atom. The van der Waals surface area contributed by atoms with Crippen LogP contribution in [0, 0.1) is 5.92 Å². The molecule has 0 aromatic carbocycles. The highest BCUT2D eigenvalue weighted by molar-refractivity contribution is 5.76. The second-order valence-corrected chi connectivity index (χ2v) is 9.96. The number of hydrogen-bond donors (Lipinski definition) is 2. The Morgan fingerprint density at radius 1 is 0.500 bits per heavy atom. The zero-order valence-electron chi connectivity index (χ0n) is 21.5. The van der Waals surface area contributed by atoms with Crippen molar-refractivity contribution < 1.29 is 9.59 Å². The van der Waals surface area contributed by atoms with E-state index in [9.17, 15) is 9.59 Å². The van der Waals surface area contributed by atoms with Crippen molar-refractivity contribution in [1.29, 1.82) is 0 Å². The molecule has 0 saturated carbocycles. The zero-order chi connectivity index (χ0) is 23.7. The molecule has 4 heteroatoms. The van der Waals surface area contributed by atoms with E-state index in [0.717, 1.165) is 51.4 Å². The molecular formula is C28H56N2O2. The molecule has 0 aromatic heterocycles. The van der Waals surface area contributed by atoms with Crippen molar-refractivity contribution in [2.24, 2.45) is 17.4 Å². The molecule has 4 N–H and O–H groups in total. The van der Waals surface area contributed by atoms with E-state index in [1.165, 1.54) is 96.3 Å². The molecule has 0 radical (unpaired) electrons. The summed E-state index contributed by atoms with van der Waals surface area (Å²) < 4.78 is 0. The van der Waals surface area contributed by atoms with Crippen molar-refractivity contribution >= 4 is 11.8 Å². The van der Waals surface area contributed by atoms with E-state index in [1.807, 2.05) is 0 Å². The molecule has 0 aromatic rings. The molecular weight excluding hydrogens is 396 g/mol. The Hall–Kier alpha value is -1.06. The third-order valence-corrected chi connectivity index (χ3v) is 6.78. The highest BCUT2D eigenvalue weighted by Crippen LogP contribution is 2.19. The lowest BCUT2D eigenvalue weighted by Gasteiger charge is -2.13. The summed E-state index contributed by atoms with van der Waals surface area (Å²) in [6.07, 6.45) is 29.5. The van der Waals surface area contributed by atoms with Crippen LogP contribution in [0.2, 0.25) is 0 Å². The topological polar surface area (TPSA) is 86.2 Å². The van der Waals surface area contributed by atoms with Crippen LogP contribution in [0.4, 0.5) is 0 Å². The first kappa shape index (κ1) is 30.9. The summed E-state index contributed by atoms with van der Waals surface area (Å²) in [6, 6.07) is 0. The molecule has 1 unspecified atom stereocenters. The van der Waals surface area contributed by atoms with Gasteiger partial charge in [-0.1, -0.05) is 135 Å². The molecule has 2 amide bonds. The van der Waals surface area contributed by atoms with Crippen LogP contribution in [-0.4, -0.2) is 11.8 Å². The number of unbranched alkanes of at least 4 members (excludes halogenated alkanes) is 19. The predicted molar refractivity (Wildman–Crippen MR) is 138 cm³/mol. The molecule has 0 rings (SSSR count). The van der Waals surface area contributed by atoms with Gasteiger partial charge < -0.3 is 11.5 Å². The third kappa shape index (κ3) is 23.6. The second kappa shape index (κ2) is 24.6. The fourth-order valence-electron chi connectivity index (χ4n) is 4.59. The summed E-state index contributed by atoms with van der Waals surface area (Å²) in [5, 5.41) is 0. The average molecular weight is 453 g/mol. The van der Waals surface area contributed by atoms with Crippen molar-refractivity contribution in [2.75, 3.05) is 0 Å². The van der Waals surface area contributed by atoms with Gasteiger partial charge in [-0.2, -0.15) is 0 Å². The van der Waals surface area contributed by atoms with Crippen molar-refractivity contribution in [3.63, 3.8) is 0 Å². The lowest BCUT2D eigenvalue weighted by molar-refractivity contribution is -0.122. The van der Waals surface area contributed by atoms with Crippen LogP contribution in [0.5, 0.6) is 0 Å². The van der Waals surface area contributed by atoms with Crippen LogP contribution >= 0.6 is 0 Å². The van der Waals surface area contributed by atoms with Gasteiger partial charge in [0, 0.05) is 12.3 Å². The summed E-state index contributed by atoms with van der Waals surface area (Å²) in [5.41, 5.74) is 10.8. The van der Waals surface area contributed by atoms with Gasteiger partial charge in [0.2, 0.25) is 11.8 Å². The van der Waals surface area contributed by atoms with E-state index in [-0.39, 0.29) is 17.7 Å². The first-order valence-corrected chi connectivity index (χ1v) is 14.2. The SMILES string of the molecule is CCCCCCCCCCCCCCCCCCC(CCCCCCCC(N)=O)C(N)=O. The van der Waals surface area contributed by atoms with Crippen LogP contribution in [0.1, 0.15) is 161 Å². The number of carbonyl (C=O) groups excluding carboxylic acids is 2. The van der Waals surface area contributed by atoms with E-state index in [1.54, 1.807) is 0 Å². The van der Waals surface area contributed by atoms with E-state index in [2.05, 4.69) is 6.92 Å². The molecule has 0 bridgehead atoms. The average Bonchev–Trinajstić information content (AvgIpc) is 2.76. The second-order valence-electron chi connectivity index (χ2n) is 9.96. The summed E-state index contributed by atoms with van der Waals surface area (Å²) in [4.78, 5) is 22.4. The maximum atomic E-state index is 11.7. The van der Waals surface area contributed by atoms with Gasteiger partial charge >= 0.3 is 0 Å². The first-order valence-electron chi connectivity index (χ1n) is 14.2. The maximum absolute atomic E-state index is 11.7. The van der Waals surface area contributed by atoms with Crippen LogP contribution in [0.15, 0.2) is 0 Å². The summed E-state index contributed by atoms with van der Waals surface area (Å²) >= 11 is 0. The van der Waals surface area contributed by atoms with Gasteiger partial charge in [-0.25, -0.2) is 0 Å². The minimum absolute atomic E-state index is 0.0484. The lowest BCUT2D eigenvalue weighted by Crippen LogP contribution is -2.23. The number of nitrogens with two attached hydrogens (primary N) is 2. The van der Waals surface area contributed by atoms with Gasteiger partial charge in [-0.05, 0) is 19.3 Å². The number of primary amides is 2. The van der Waals surface area contributed by atoms with Gasteiger partial charge in [-0.15, -0.1) is 0 Å². The zero-order valence-corrected chi connectivity index (χ0v) is 21.5. The largest absolute Gasteiger partial charge is 0.370 e. The van der Waals surface area contributed by atoms with E-state index >= 15 is 0 Å². The smallest absolute Gasteiger partial charge is 0.220 e. The molecule has 0 aliphatic heterocycles. The summed E-state index contributed by atoms with van der Waals surface area (Å²) in [6.45, 7) is 2.28. The standard InChI is InChI=1S/C28H56N2O2/c1-2-3-4-5-6-7-8-9-10-11-12-13-14-15-17-20-23-26(28(30)32)24-21-18-16-19-22-25-27(29)31/h26H,2-25H2,1H3,(H2,29,31)(H2,30,32). The van der Waals surface area contributed by atoms with Crippen molar-refractivity contribution in [2.45, 2.75) is 161 Å². The minimum Gasteiger partial charge on any atom is -0.370 e. The minimum atomic E-state index is -0.211. The number of rotatable bonds is 26. The Kier molecular flexibility index (Phi) is 23.8. The number of amides is 2. The van der Waals surface area contributed by atoms with Crippen molar-refractivity contribution in [1.82, 2.24) is 0 Å². The molecule has 32 heavy (non-hydrogen) atoms. The van der Waals surface area contributed by atoms with Crippen LogP contribution in [0.3, 0.4) is 0 Å². The Bertz CT molecular complexity index is 426. The van der Waals surface area contributed by atoms with Crippen molar-refractivity contribution in [3.8, 4) is 0 Å². The van der Waals surface area contributed by atoms with Crippen LogP contribution < -0.4 is 11.5 Å². The molecule has 0 heterocycles. The maximum Gasteiger partial charge on any atom is 0.220 e. The van der Waals surface area contributed by atoms with Gasteiger partial charge in [-0.3, -0.25) is 9.59 Å². The highest BCUT2D eigenvalue weighted by atomic mass is 16.1. The van der Waals surface area contributed by atoms with E-state index in [4.69, 9.17) is 11.5 Å². The number of carbonyl (C=O) groups is 2. The Morgan fingerprint density at radius 2 is 0.812 bits per heavy atom. The first-order chi connectivity index (χ1) is 15.6. The molecule has 0 aliphatic carbocycles. The molecule has 1 atom stereocenters. The van der Waals surface area contributed by atoms with E-state index in [0.29, 0.717) is 6.42 Å². The molecule has 0 saturated heterocycles. The fraction of sp³-hybridized carbons (Fsp3) is 0.929. The predicted octanol–water partition coefficient (Wildman–Crippen LogP) is 7.96. The molecule has 0 spiro atoms. The molecule has 0 aliphatic rings. The molecule has 190 valence electrons. The van der Waals surface area contributed by atoms with Gasteiger partial charge in [0.15, 0.2) is 0 Å². The fourth-order valence-corrected chi connectivity index (χ4v) is 4.59.